The molecular weight excluding hydrogens is 322 g/mol. The Labute approximate surface area is 143 Å². The predicted octanol–water partition coefficient (Wildman–Crippen LogP) is 3.59. The van der Waals surface area contributed by atoms with Crippen LogP contribution < -0.4 is 11.0 Å². The molecule has 6 heteroatoms. The fraction of sp³-hybridized carbons (Fsp3) is 0.222. The van der Waals surface area contributed by atoms with Crippen molar-refractivity contribution < 1.29 is 4.79 Å². The summed E-state index contributed by atoms with van der Waals surface area (Å²) in [7, 11) is 0. The highest BCUT2D eigenvalue weighted by molar-refractivity contribution is 8.00. The van der Waals surface area contributed by atoms with Crippen molar-refractivity contribution in [2.24, 2.45) is 0 Å². The number of nitrogens with one attached hydrogen (secondary N) is 3. The fourth-order valence-electron chi connectivity index (χ4n) is 2.40. The molecule has 0 aliphatic heterocycles. The van der Waals surface area contributed by atoms with Gasteiger partial charge in [-0.05, 0) is 62.2 Å². The van der Waals surface area contributed by atoms with E-state index in [1.807, 2.05) is 13.0 Å². The van der Waals surface area contributed by atoms with Gasteiger partial charge < -0.3 is 15.3 Å². The van der Waals surface area contributed by atoms with Gasteiger partial charge in [-0.25, -0.2) is 4.79 Å². The van der Waals surface area contributed by atoms with Crippen LogP contribution >= 0.6 is 11.8 Å². The van der Waals surface area contributed by atoms with E-state index in [0.29, 0.717) is 11.2 Å². The van der Waals surface area contributed by atoms with Crippen molar-refractivity contribution in [1.82, 2.24) is 9.97 Å². The Hall–Kier alpha value is -2.47. The summed E-state index contributed by atoms with van der Waals surface area (Å²) >= 11 is 1.53. The molecule has 0 spiro atoms. The highest BCUT2D eigenvalue weighted by Crippen LogP contribution is 2.26. The third-order valence-corrected chi connectivity index (χ3v) is 5.04. The number of benzene rings is 2. The molecule has 1 unspecified atom stereocenters. The third kappa shape index (κ3) is 3.54. The van der Waals surface area contributed by atoms with Crippen LogP contribution in [0.3, 0.4) is 0 Å². The molecule has 0 saturated carbocycles. The lowest BCUT2D eigenvalue weighted by molar-refractivity contribution is -0.115. The maximum atomic E-state index is 12.4. The minimum atomic E-state index is -0.257. The molecule has 2 aromatic carbocycles. The smallest absolute Gasteiger partial charge is 0.323 e. The number of aryl methyl sites for hydroxylation is 2. The van der Waals surface area contributed by atoms with Crippen LogP contribution in [0.2, 0.25) is 0 Å². The normalized spacial score (nSPS) is 12.3. The van der Waals surface area contributed by atoms with Crippen molar-refractivity contribution >= 4 is 34.4 Å². The average Bonchev–Trinajstić information content (AvgIpc) is 2.90. The molecule has 3 N–H and O–H groups in total. The van der Waals surface area contributed by atoms with Gasteiger partial charge in [0.1, 0.15) is 0 Å². The molecule has 3 rings (SSSR count). The Morgan fingerprint density at radius 2 is 1.79 bits per heavy atom. The minimum absolute atomic E-state index is 0.0736. The number of aromatic nitrogens is 2. The lowest BCUT2D eigenvalue weighted by Crippen LogP contribution is -2.22. The number of hydrogen-bond acceptors (Lipinski definition) is 3. The lowest BCUT2D eigenvalue weighted by Gasteiger charge is -2.13. The minimum Gasteiger partial charge on any atom is -0.325 e. The van der Waals surface area contributed by atoms with Crippen LogP contribution in [0.1, 0.15) is 18.1 Å². The Kier molecular flexibility index (Phi) is 4.49. The summed E-state index contributed by atoms with van der Waals surface area (Å²) in [6.45, 7) is 6.02. The monoisotopic (exact) mass is 341 g/mol. The SMILES string of the molecule is Cc1ccc(SC(C)C(=O)Nc2ccc3[nH]c(=O)[nH]c3c2)cc1C. The first-order chi connectivity index (χ1) is 11.4. The predicted molar refractivity (Wildman–Crippen MR) is 98.8 cm³/mol. The quantitative estimate of drug-likeness (QED) is 0.635. The number of hydrogen-bond donors (Lipinski definition) is 3. The Morgan fingerprint density at radius 1 is 1.04 bits per heavy atom. The van der Waals surface area contributed by atoms with Crippen molar-refractivity contribution in [3.05, 3.63) is 58.0 Å². The van der Waals surface area contributed by atoms with E-state index < -0.39 is 0 Å². The maximum absolute atomic E-state index is 12.4. The second-order valence-corrected chi connectivity index (χ2v) is 7.25. The first-order valence-electron chi connectivity index (χ1n) is 7.69. The summed E-state index contributed by atoms with van der Waals surface area (Å²) in [4.78, 5) is 30.1. The second-order valence-electron chi connectivity index (χ2n) is 5.83. The van der Waals surface area contributed by atoms with Gasteiger partial charge in [-0.2, -0.15) is 0 Å². The lowest BCUT2D eigenvalue weighted by atomic mass is 10.1. The molecule has 1 atom stereocenters. The Morgan fingerprint density at radius 3 is 2.54 bits per heavy atom. The molecule has 0 saturated heterocycles. The molecule has 5 nitrogen and oxygen atoms in total. The maximum Gasteiger partial charge on any atom is 0.323 e. The molecule has 3 aromatic rings. The molecule has 0 fully saturated rings. The second kappa shape index (κ2) is 6.57. The largest absolute Gasteiger partial charge is 0.325 e. The summed E-state index contributed by atoms with van der Waals surface area (Å²) in [5.74, 6) is -0.0736. The highest BCUT2D eigenvalue weighted by atomic mass is 32.2. The van der Waals surface area contributed by atoms with Crippen LogP contribution in [0.25, 0.3) is 11.0 Å². The Bertz CT molecular complexity index is 958. The van der Waals surface area contributed by atoms with Crippen LogP contribution in [-0.2, 0) is 4.79 Å². The number of carbonyl (C=O) groups excluding carboxylic acids is 1. The van der Waals surface area contributed by atoms with Crippen molar-refractivity contribution in [3.63, 3.8) is 0 Å². The van der Waals surface area contributed by atoms with E-state index in [4.69, 9.17) is 0 Å². The Balaban J connectivity index is 1.70. The number of anilines is 1. The molecule has 0 aliphatic rings. The van der Waals surface area contributed by atoms with Gasteiger partial charge >= 0.3 is 5.69 Å². The van der Waals surface area contributed by atoms with E-state index in [-0.39, 0.29) is 16.8 Å². The van der Waals surface area contributed by atoms with Gasteiger partial charge in [0.2, 0.25) is 5.91 Å². The van der Waals surface area contributed by atoms with Gasteiger partial charge in [0.25, 0.3) is 0 Å². The zero-order valence-corrected chi connectivity index (χ0v) is 14.6. The van der Waals surface area contributed by atoms with Gasteiger partial charge in [0.15, 0.2) is 0 Å². The van der Waals surface area contributed by atoms with E-state index >= 15 is 0 Å². The van der Waals surface area contributed by atoms with Gasteiger partial charge in [-0.15, -0.1) is 11.8 Å². The average molecular weight is 341 g/mol. The van der Waals surface area contributed by atoms with E-state index in [2.05, 4.69) is 41.3 Å². The van der Waals surface area contributed by atoms with Gasteiger partial charge in [0, 0.05) is 10.6 Å². The standard InChI is InChI=1S/C18H19N3O2S/c1-10-4-6-14(8-11(10)2)24-12(3)17(22)19-13-5-7-15-16(9-13)21-18(23)20-15/h4-9,12H,1-3H3,(H,19,22)(H2,20,21,23). The van der Waals surface area contributed by atoms with Crippen molar-refractivity contribution in [1.29, 1.82) is 0 Å². The number of rotatable bonds is 4. The molecule has 124 valence electrons. The molecule has 0 bridgehead atoms. The molecule has 1 heterocycles. The van der Waals surface area contributed by atoms with Gasteiger partial charge in [-0.1, -0.05) is 6.07 Å². The molecule has 1 aromatic heterocycles. The van der Waals surface area contributed by atoms with Gasteiger partial charge in [0.05, 0.1) is 16.3 Å². The topological polar surface area (TPSA) is 77.8 Å². The third-order valence-electron chi connectivity index (χ3n) is 3.94. The number of carbonyl (C=O) groups is 1. The summed E-state index contributed by atoms with van der Waals surface area (Å²) in [6, 6.07) is 11.5. The number of fused-ring (bicyclic) bond motifs is 1. The van der Waals surface area contributed by atoms with Crippen LogP contribution in [-0.4, -0.2) is 21.1 Å². The summed E-state index contributed by atoms with van der Waals surface area (Å²) in [6.07, 6.45) is 0. The molecule has 0 radical (unpaired) electrons. The van der Waals surface area contributed by atoms with E-state index in [0.717, 1.165) is 10.4 Å². The van der Waals surface area contributed by atoms with Crippen LogP contribution in [0.15, 0.2) is 46.1 Å². The van der Waals surface area contributed by atoms with Gasteiger partial charge in [-0.3, -0.25) is 4.79 Å². The van der Waals surface area contributed by atoms with Crippen LogP contribution in [0, 0.1) is 13.8 Å². The van der Waals surface area contributed by atoms with Crippen molar-refractivity contribution in [2.75, 3.05) is 5.32 Å². The first-order valence-corrected chi connectivity index (χ1v) is 8.57. The molecule has 24 heavy (non-hydrogen) atoms. The van der Waals surface area contributed by atoms with E-state index in [1.54, 1.807) is 18.2 Å². The zero-order chi connectivity index (χ0) is 17.3. The number of H-pyrrole nitrogens is 2. The van der Waals surface area contributed by atoms with Crippen LogP contribution in [0.5, 0.6) is 0 Å². The van der Waals surface area contributed by atoms with Crippen LogP contribution in [0.4, 0.5) is 5.69 Å². The zero-order valence-electron chi connectivity index (χ0n) is 13.8. The summed E-state index contributed by atoms with van der Waals surface area (Å²) < 4.78 is 0. The fourth-order valence-corrected chi connectivity index (χ4v) is 3.36. The molecular formula is C18H19N3O2S. The first kappa shape index (κ1) is 16.4. The van der Waals surface area contributed by atoms with Crippen molar-refractivity contribution in [3.8, 4) is 0 Å². The molecule has 0 aliphatic carbocycles. The number of amides is 1. The van der Waals surface area contributed by atoms with Crippen molar-refractivity contribution in [2.45, 2.75) is 30.9 Å². The number of thioether (sulfide) groups is 1. The van der Waals surface area contributed by atoms with E-state index in [1.165, 1.54) is 22.9 Å². The summed E-state index contributed by atoms with van der Waals surface area (Å²) in [5, 5.41) is 2.66. The summed E-state index contributed by atoms with van der Waals surface area (Å²) in [5.41, 5.74) is 4.25. The molecule has 1 amide bonds. The highest BCUT2D eigenvalue weighted by Gasteiger charge is 2.15. The number of aromatic amines is 2. The van der Waals surface area contributed by atoms with E-state index in [9.17, 15) is 9.59 Å². The number of imidazole rings is 1.